The van der Waals surface area contributed by atoms with Crippen molar-refractivity contribution in [2.75, 3.05) is 6.54 Å². The Bertz CT molecular complexity index is 264. The molecule has 0 aliphatic carbocycles. The van der Waals surface area contributed by atoms with Crippen molar-refractivity contribution in [2.45, 2.75) is 44.2 Å². The number of hydrogen-bond acceptors (Lipinski definition) is 2. The molecule has 2 aliphatic rings. The van der Waals surface area contributed by atoms with Crippen molar-refractivity contribution in [3.63, 3.8) is 0 Å². The molecule has 0 radical (unpaired) electrons. The van der Waals surface area contributed by atoms with Gasteiger partial charge in [0.2, 0.25) is 5.91 Å². The van der Waals surface area contributed by atoms with Crippen LogP contribution in [0, 0.1) is 5.92 Å². The summed E-state index contributed by atoms with van der Waals surface area (Å²) in [5.41, 5.74) is 0. The molecule has 0 saturated carbocycles. The molecule has 2 saturated heterocycles. The van der Waals surface area contributed by atoms with E-state index in [-0.39, 0.29) is 18.1 Å². The van der Waals surface area contributed by atoms with Crippen LogP contribution in [0.5, 0.6) is 0 Å². The molecule has 3 atom stereocenters. The summed E-state index contributed by atoms with van der Waals surface area (Å²) < 4.78 is 0. The Kier molecular flexibility index (Phi) is 3.10. The zero-order valence-corrected chi connectivity index (χ0v) is 9.06. The third kappa shape index (κ3) is 1.93. The number of fused-ring (bicyclic) bond motifs is 1. The average molecular weight is 209 g/mol. The molecule has 0 aromatic carbocycles. The molecule has 1 N–H and O–H groups in total. The molecule has 2 fully saturated rings. The molecule has 2 heterocycles. The summed E-state index contributed by atoms with van der Waals surface area (Å²) in [4.78, 5) is 13.7. The Balaban J connectivity index is 2.18. The molecular formula is C12H19NO2. The van der Waals surface area contributed by atoms with Crippen molar-refractivity contribution in [1.29, 1.82) is 0 Å². The maximum atomic E-state index is 11.8. The highest BCUT2D eigenvalue weighted by atomic mass is 16.3. The molecular weight excluding hydrogens is 190 g/mol. The van der Waals surface area contributed by atoms with E-state index < -0.39 is 0 Å². The highest BCUT2D eigenvalue weighted by Gasteiger charge is 2.41. The lowest BCUT2D eigenvalue weighted by Crippen LogP contribution is -2.42. The maximum absolute atomic E-state index is 11.8. The molecule has 3 nitrogen and oxygen atoms in total. The summed E-state index contributed by atoms with van der Waals surface area (Å²) in [7, 11) is 0. The summed E-state index contributed by atoms with van der Waals surface area (Å²) in [5.74, 6) is 0.634. The highest BCUT2D eigenvalue weighted by molar-refractivity contribution is 5.77. The van der Waals surface area contributed by atoms with Crippen LogP contribution in [0.25, 0.3) is 0 Å². The predicted octanol–water partition coefficient (Wildman–Crippen LogP) is 1.32. The fourth-order valence-corrected chi connectivity index (χ4v) is 2.96. The Morgan fingerprint density at radius 1 is 1.53 bits per heavy atom. The fourth-order valence-electron chi connectivity index (χ4n) is 2.96. The van der Waals surface area contributed by atoms with Crippen LogP contribution in [0.2, 0.25) is 0 Å². The SMILES string of the molecule is C=CCC1CCCC(=O)N2CC[C@H](O)C12. The number of carbonyl (C=O) groups excluding carboxylic acids is 1. The predicted molar refractivity (Wildman–Crippen MR) is 58.3 cm³/mol. The maximum Gasteiger partial charge on any atom is 0.222 e. The van der Waals surface area contributed by atoms with Crippen LogP contribution in [0.1, 0.15) is 32.1 Å². The molecule has 2 aliphatic heterocycles. The van der Waals surface area contributed by atoms with Crippen molar-refractivity contribution >= 4 is 5.91 Å². The van der Waals surface area contributed by atoms with E-state index in [0.29, 0.717) is 12.3 Å². The minimum absolute atomic E-state index is 0.0537. The summed E-state index contributed by atoms with van der Waals surface area (Å²) >= 11 is 0. The van der Waals surface area contributed by atoms with Gasteiger partial charge in [0.1, 0.15) is 0 Å². The summed E-state index contributed by atoms with van der Waals surface area (Å²) in [5, 5.41) is 9.94. The van der Waals surface area contributed by atoms with E-state index in [1.807, 2.05) is 11.0 Å². The van der Waals surface area contributed by atoms with Gasteiger partial charge in [0.25, 0.3) is 0 Å². The van der Waals surface area contributed by atoms with E-state index in [4.69, 9.17) is 0 Å². The number of aliphatic hydroxyl groups is 1. The van der Waals surface area contributed by atoms with E-state index in [1.165, 1.54) is 0 Å². The Labute approximate surface area is 90.8 Å². The number of rotatable bonds is 2. The zero-order valence-electron chi connectivity index (χ0n) is 9.06. The molecule has 2 rings (SSSR count). The number of nitrogens with zero attached hydrogens (tertiary/aromatic N) is 1. The van der Waals surface area contributed by atoms with Gasteiger partial charge in [0.15, 0.2) is 0 Å². The van der Waals surface area contributed by atoms with Crippen molar-refractivity contribution in [3.05, 3.63) is 12.7 Å². The second kappa shape index (κ2) is 4.35. The first-order valence-electron chi connectivity index (χ1n) is 5.82. The normalized spacial score (nSPS) is 36.2. The largest absolute Gasteiger partial charge is 0.391 e. The highest BCUT2D eigenvalue weighted by Crippen LogP contribution is 2.33. The third-order valence-electron chi connectivity index (χ3n) is 3.66. The van der Waals surface area contributed by atoms with Crippen LogP contribution in [0.4, 0.5) is 0 Å². The fraction of sp³-hybridized carbons (Fsp3) is 0.750. The van der Waals surface area contributed by atoms with Crippen LogP contribution in [-0.2, 0) is 4.79 Å². The van der Waals surface area contributed by atoms with E-state index in [0.717, 1.165) is 32.2 Å². The summed E-state index contributed by atoms with van der Waals surface area (Å²) in [6.07, 6.45) is 5.88. The van der Waals surface area contributed by atoms with Gasteiger partial charge in [0, 0.05) is 13.0 Å². The van der Waals surface area contributed by atoms with Gasteiger partial charge in [-0.05, 0) is 31.6 Å². The van der Waals surface area contributed by atoms with Gasteiger partial charge in [-0.1, -0.05) is 6.08 Å². The number of allylic oxidation sites excluding steroid dienone is 1. The number of aliphatic hydroxyl groups excluding tert-OH is 1. The van der Waals surface area contributed by atoms with E-state index in [1.54, 1.807) is 0 Å². The number of hydrogen-bond donors (Lipinski definition) is 1. The van der Waals surface area contributed by atoms with Crippen LogP contribution in [0.15, 0.2) is 12.7 Å². The molecule has 3 heteroatoms. The molecule has 0 aromatic heterocycles. The van der Waals surface area contributed by atoms with Crippen molar-refractivity contribution in [1.82, 2.24) is 4.90 Å². The topological polar surface area (TPSA) is 40.5 Å². The molecule has 1 amide bonds. The first kappa shape index (κ1) is 10.7. The minimum Gasteiger partial charge on any atom is -0.391 e. The van der Waals surface area contributed by atoms with Crippen LogP contribution in [-0.4, -0.2) is 34.6 Å². The lowest BCUT2D eigenvalue weighted by Gasteiger charge is -2.30. The van der Waals surface area contributed by atoms with Crippen LogP contribution >= 0.6 is 0 Å². The van der Waals surface area contributed by atoms with Gasteiger partial charge in [-0.25, -0.2) is 0 Å². The van der Waals surface area contributed by atoms with Crippen LogP contribution < -0.4 is 0 Å². The molecule has 0 spiro atoms. The van der Waals surface area contributed by atoms with Crippen molar-refractivity contribution in [3.8, 4) is 0 Å². The van der Waals surface area contributed by atoms with E-state index in [2.05, 4.69) is 6.58 Å². The molecule has 0 aromatic rings. The number of amides is 1. The first-order valence-corrected chi connectivity index (χ1v) is 5.82. The molecule has 15 heavy (non-hydrogen) atoms. The Morgan fingerprint density at radius 2 is 2.33 bits per heavy atom. The van der Waals surface area contributed by atoms with Crippen molar-refractivity contribution in [2.24, 2.45) is 5.92 Å². The van der Waals surface area contributed by atoms with Gasteiger partial charge in [-0.15, -0.1) is 6.58 Å². The van der Waals surface area contributed by atoms with Crippen molar-refractivity contribution < 1.29 is 9.90 Å². The lowest BCUT2D eigenvalue weighted by molar-refractivity contribution is -0.132. The number of carbonyl (C=O) groups is 1. The minimum atomic E-state index is -0.322. The second-order valence-electron chi connectivity index (χ2n) is 4.61. The lowest BCUT2D eigenvalue weighted by atomic mass is 9.89. The Morgan fingerprint density at radius 3 is 3.07 bits per heavy atom. The molecule has 2 unspecified atom stereocenters. The van der Waals surface area contributed by atoms with Gasteiger partial charge in [0.05, 0.1) is 12.1 Å². The zero-order chi connectivity index (χ0) is 10.8. The smallest absolute Gasteiger partial charge is 0.222 e. The monoisotopic (exact) mass is 209 g/mol. The van der Waals surface area contributed by atoms with Crippen LogP contribution in [0.3, 0.4) is 0 Å². The average Bonchev–Trinajstić information content (AvgIpc) is 2.51. The summed E-state index contributed by atoms with van der Waals surface area (Å²) in [6, 6.07) is 0.0537. The van der Waals surface area contributed by atoms with Gasteiger partial charge >= 0.3 is 0 Å². The Hall–Kier alpha value is -0.830. The summed E-state index contributed by atoms with van der Waals surface area (Å²) in [6.45, 7) is 4.49. The second-order valence-corrected chi connectivity index (χ2v) is 4.61. The third-order valence-corrected chi connectivity index (χ3v) is 3.66. The van der Waals surface area contributed by atoms with Gasteiger partial charge in [-0.3, -0.25) is 4.79 Å². The molecule has 84 valence electrons. The quantitative estimate of drug-likeness (QED) is 0.697. The van der Waals surface area contributed by atoms with Gasteiger partial charge in [-0.2, -0.15) is 0 Å². The van der Waals surface area contributed by atoms with Gasteiger partial charge < -0.3 is 10.0 Å². The standard InChI is InChI=1S/C12H19NO2/c1-2-4-9-5-3-6-11(15)13-8-7-10(14)12(9)13/h2,9-10,12,14H,1,3-8H2/t9?,10-,12?/m0/s1. The molecule has 0 bridgehead atoms. The van der Waals surface area contributed by atoms with E-state index >= 15 is 0 Å². The van der Waals surface area contributed by atoms with E-state index in [9.17, 15) is 9.90 Å². The first-order chi connectivity index (χ1) is 7.24.